The molecule has 0 aliphatic heterocycles. The maximum Gasteiger partial charge on any atom is 0.221 e. The number of nitrogens with two attached hydrogens (primary N) is 2. The Morgan fingerprint density at radius 2 is 2.04 bits per heavy atom. The Hall–Kier alpha value is -2.63. The van der Waals surface area contributed by atoms with Gasteiger partial charge in [0.1, 0.15) is 5.82 Å². The summed E-state index contributed by atoms with van der Waals surface area (Å²) < 4.78 is 0. The second kappa shape index (κ2) is 9.01. The molecule has 0 aromatic carbocycles. The summed E-state index contributed by atoms with van der Waals surface area (Å²) in [6.45, 7) is 8.10. The van der Waals surface area contributed by atoms with E-state index in [1.54, 1.807) is 6.20 Å². The molecule has 0 aliphatic rings. The first-order valence-electron chi connectivity index (χ1n) is 8.82. The zero-order chi connectivity index (χ0) is 18.2. The molecule has 0 amide bonds. The molecule has 134 valence electrons. The molecule has 1 unspecified atom stereocenters. The molecule has 2 aromatic heterocycles. The molecule has 0 radical (unpaired) electrons. The summed E-state index contributed by atoms with van der Waals surface area (Å²) in [6.07, 6.45) is 6.62. The number of nitrogens with one attached hydrogen (secondary N) is 1. The molecule has 25 heavy (non-hydrogen) atoms. The van der Waals surface area contributed by atoms with Crippen molar-refractivity contribution in [2.75, 3.05) is 11.1 Å². The minimum Gasteiger partial charge on any atom is -0.397 e. The van der Waals surface area contributed by atoms with Crippen molar-refractivity contribution in [1.82, 2.24) is 15.0 Å². The molecule has 0 fully saturated rings. The van der Waals surface area contributed by atoms with Gasteiger partial charge in [0, 0.05) is 23.5 Å². The van der Waals surface area contributed by atoms with Crippen LogP contribution in [0, 0.1) is 0 Å². The number of aryl methyl sites for hydroxylation is 2. The molecule has 1 atom stereocenters. The highest BCUT2D eigenvalue weighted by Crippen LogP contribution is 2.19. The summed E-state index contributed by atoms with van der Waals surface area (Å²) in [6, 6.07) is 6.19. The molecule has 0 saturated heterocycles. The maximum atomic E-state index is 5.78. The Morgan fingerprint density at radius 3 is 2.72 bits per heavy atom. The molecule has 0 spiro atoms. The summed E-state index contributed by atoms with van der Waals surface area (Å²) >= 11 is 0. The van der Waals surface area contributed by atoms with E-state index in [1.807, 2.05) is 18.2 Å². The molecule has 0 bridgehead atoms. The van der Waals surface area contributed by atoms with Crippen molar-refractivity contribution in [2.45, 2.75) is 52.0 Å². The van der Waals surface area contributed by atoms with Crippen LogP contribution in [0.2, 0.25) is 0 Å². The predicted octanol–water partition coefficient (Wildman–Crippen LogP) is 3.16. The highest BCUT2D eigenvalue weighted by atomic mass is 15.1. The second-order valence-electron chi connectivity index (χ2n) is 6.18. The number of hydrogen-bond acceptors (Lipinski definition) is 6. The van der Waals surface area contributed by atoms with E-state index in [1.165, 1.54) is 0 Å². The summed E-state index contributed by atoms with van der Waals surface area (Å²) in [5, 5.41) is 3.52. The van der Waals surface area contributed by atoms with E-state index in [4.69, 9.17) is 11.5 Å². The summed E-state index contributed by atoms with van der Waals surface area (Å²) in [7, 11) is 0. The third-order valence-corrected chi connectivity index (χ3v) is 4.14. The summed E-state index contributed by atoms with van der Waals surface area (Å²) in [5.74, 6) is 1.12. The fourth-order valence-electron chi connectivity index (χ4n) is 2.71. The third kappa shape index (κ3) is 5.45. The van der Waals surface area contributed by atoms with Gasteiger partial charge in [-0.25, -0.2) is 4.98 Å². The van der Waals surface area contributed by atoms with Gasteiger partial charge in [-0.3, -0.25) is 4.98 Å². The first-order valence-corrected chi connectivity index (χ1v) is 8.82. The van der Waals surface area contributed by atoms with E-state index in [0.29, 0.717) is 11.7 Å². The molecule has 6 heteroatoms. The number of nitrogens with zero attached hydrogens (tertiary/aromatic N) is 3. The van der Waals surface area contributed by atoms with Gasteiger partial charge in [-0.1, -0.05) is 32.9 Å². The Labute approximate surface area is 149 Å². The van der Waals surface area contributed by atoms with E-state index in [2.05, 4.69) is 40.7 Å². The quantitative estimate of drug-likeness (QED) is 0.648. The van der Waals surface area contributed by atoms with Crippen LogP contribution in [-0.4, -0.2) is 21.0 Å². The van der Waals surface area contributed by atoms with Crippen LogP contribution in [0.15, 0.2) is 31.0 Å². The van der Waals surface area contributed by atoms with Gasteiger partial charge in [0.05, 0.1) is 11.4 Å². The SMILES string of the molecule is C=C(N)c1cccc(CCc2cnc(N)nc2NC(CC)CCC)n1. The van der Waals surface area contributed by atoms with Gasteiger partial charge < -0.3 is 16.8 Å². The topological polar surface area (TPSA) is 103 Å². The van der Waals surface area contributed by atoms with Crippen molar-refractivity contribution in [3.63, 3.8) is 0 Å². The van der Waals surface area contributed by atoms with Crippen LogP contribution >= 0.6 is 0 Å². The van der Waals surface area contributed by atoms with Crippen LogP contribution < -0.4 is 16.8 Å². The first kappa shape index (κ1) is 18.7. The van der Waals surface area contributed by atoms with E-state index >= 15 is 0 Å². The van der Waals surface area contributed by atoms with Crippen LogP contribution in [0.1, 0.15) is 50.1 Å². The Kier molecular flexibility index (Phi) is 6.74. The molecule has 5 N–H and O–H groups in total. The van der Waals surface area contributed by atoms with Crippen molar-refractivity contribution >= 4 is 17.5 Å². The van der Waals surface area contributed by atoms with Crippen molar-refractivity contribution in [3.05, 3.63) is 47.9 Å². The van der Waals surface area contributed by atoms with E-state index in [9.17, 15) is 0 Å². The van der Waals surface area contributed by atoms with Gasteiger partial charge in [-0.2, -0.15) is 4.98 Å². The van der Waals surface area contributed by atoms with Crippen LogP contribution in [0.3, 0.4) is 0 Å². The van der Waals surface area contributed by atoms with Crippen LogP contribution in [0.25, 0.3) is 5.70 Å². The molecular weight excluding hydrogens is 312 g/mol. The smallest absolute Gasteiger partial charge is 0.221 e. The predicted molar refractivity (Wildman–Crippen MR) is 104 cm³/mol. The molecule has 2 rings (SSSR count). The van der Waals surface area contributed by atoms with Gasteiger partial charge in [-0.05, 0) is 37.8 Å². The van der Waals surface area contributed by atoms with Crippen LogP contribution in [0.4, 0.5) is 11.8 Å². The maximum absolute atomic E-state index is 5.78. The highest BCUT2D eigenvalue weighted by Gasteiger charge is 2.12. The fourth-order valence-corrected chi connectivity index (χ4v) is 2.71. The monoisotopic (exact) mass is 340 g/mol. The lowest BCUT2D eigenvalue weighted by molar-refractivity contribution is 0.619. The van der Waals surface area contributed by atoms with E-state index in [-0.39, 0.29) is 5.95 Å². The molecule has 2 heterocycles. The third-order valence-electron chi connectivity index (χ3n) is 4.14. The number of pyridine rings is 1. The Bertz CT molecular complexity index is 713. The zero-order valence-electron chi connectivity index (χ0n) is 15.1. The van der Waals surface area contributed by atoms with Gasteiger partial charge in [0.15, 0.2) is 0 Å². The van der Waals surface area contributed by atoms with Gasteiger partial charge in [0.25, 0.3) is 0 Å². The standard InChI is InChI=1S/C19H28N6/c1-4-7-15(5-2)24-18-14(12-22-19(21)25-18)10-11-16-8-6-9-17(23-16)13(3)20/h6,8-9,12,15H,3-5,7,10-11,20H2,1-2H3,(H3,21,22,24,25). The van der Waals surface area contributed by atoms with Crippen molar-refractivity contribution in [2.24, 2.45) is 5.73 Å². The normalized spacial score (nSPS) is 11.9. The number of nitrogen functional groups attached to an aromatic ring is 1. The average molecular weight is 340 g/mol. The van der Waals surface area contributed by atoms with Crippen molar-refractivity contribution in [3.8, 4) is 0 Å². The zero-order valence-corrected chi connectivity index (χ0v) is 15.1. The molecule has 0 saturated carbocycles. The van der Waals surface area contributed by atoms with Crippen LogP contribution in [-0.2, 0) is 12.8 Å². The van der Waals surface area contributed by atoms with E-state index < -0.39 is 0 Å². The lowest BCUT2D eigenvalue weighted by atomic mass is 10.1. The first-order chi connectivity index (χ1) is 12.0. The van der Waals surface area contributed by atoms with E-state index in [0.717, 1.165) is 54.9 Å². The fraction of sp³-hybridized carbons (Fsp3) is 0.421. The van der Waals surface area contributed by atoms with Gasteiger partial charge >= 0.3 is 0 Å². The summed E-state index contributed by atoms with van der Waals surface area (Å²) in [4.78, 5) is 13.1. The number of anilines is 2. The number of aromatic nitrogens is 3. The van der Waals surface area contributed by atoms with Gasteiger partial charge in [-0.15, -0.1) is 0 Å². The highest BCUT2D eigenvalue weighted by molar-refractivity contribution is 5.56. The largest absolute Gasteiger partial charge is 0.397 e. The molecule has 2 aromatic rings. The summed E-state index contributed by atoms with van der Waals surface area (Å²) in [5.41, 5.74) is 14.7. The second-order valence-corrected chi connectivity index (χ2v) is 6.18. The number of hydrogen-bond donors (Lipinski definition) is 3. The number of rotatable bonds is 9. The lowest BCUT2D eigenvalue weighted by Gasteiger charge is -2.19. The lowest BCUT2D eigenvalue weighted by Crippen LogP contribution is -2.20. The average Bonchev–Trinajstić information content (AvgIpc) is 2.60. The minimum atomic E-state index is 0.289. The van der Waals surface area contributed by atoms with Crippen LogP contribution in [0.5, 0.6) is 0 Å². The molecule has 6 nitrogen and oxygen atoms in total. The minimum absolute atomic E-state index is 0.289. The van der Waals surface area contributed by atoms with Crippen molar-refractivity contribution in [1.29, 1.82) is 0 Å². The van der Waals surface area contributed by atoms with Gasteiger partial charge in [0.2, 0.25) is 5.95 Å². The Balaban J connectivity index is 2.13. The molecular formula is C19H28N6. The van der Waals surface area contributed by atoms with Crippen molar-refractivity contribution < 1.29 is 0 Å². The molecule has 0 aliphatic carbocycles. The Morgan fingerprint density at radius 1 is 1.24 bits per heavy atom.